The third kappa shape index (κ3) is 3.17. The summed E-state index contributed by atoms with van der Waals surface area (Å²) in [4.78, 5) is 13.8. The number of nitrogens with zero attached hydrogens (tertiary/aromatic N) is 3. The Kier molecular flexibility index (Phi) is 4.08. The summed E-state index contributed by atoms with van der Waals surface area (Å²) in [5.41, 5.74) is 4.12. The predicted molar refractivity (Wildman–Crippen MR) is 79.6 cm³/mol. The second kappa shape index (κ2) is 5.77. The van der Waals surface area contributed by atoms with Crippen molar-refractivity contribution >= 4 is 11.7 Å². The summed E-state index contributed by atoms with van der Waals surface area (Å²) in [6, 6.07) is 5.77. The lowest BCUT2D eigenvalue weighted by Gasteiger charge is -2.18. The van der Waals surface area contributed by atoms with Crippen molar-refractivity contribution in [3.05, 3.63) is 47.3 Å². The van der Waals surface area contributed by atoms with Crippen LogP contribution in [0.15, 0.2) is 30.6 Å². The van der Waals surface area contributed by atoms with Crippen molar-refractivity contribution in [2.45, 2.75) is 20.4 Å². The van der Waals surface area contributed by atoms with Gasteiger partial charge in [-0.05, 0) is 31.0 Å². The van der Waals surface area contributed by atoms with Crippen LogP contribution in [0.3, 0.4) is 0 Å². The lowest BCUT2D eigenvalue weighted by atomic mass is 10.1. The summed E-state index contributed by atoms with van der Waals surface area (Å²) in [6.45, 7) is 4.57. The lowest BCUT2D eigenvalue weighted by Crippen LogP contribution is -2.31. The molecular formula is C15H20N4O. The number of urea groups is 1. The summed E-state index contributed by atoms with van der Waals surface area (Å²) in [5, 5.41) is 7.03. The monoisotopic (exact) mass is 272 g/mol. The first kappa shape index (κ1) is 14.1. The van der Waals surface area contributed by atoms with Crippen LogP contribution < -0.4 is 5.32 Å². The maximum Gasteiger partial charge on any atom is 0.321 e. The zero-order valence-corrected chi connectivity index (χ0v) is 12.3. The molecule has 1 aromatic heterocycles. The van der Waals surface area contributed by atoms with E-state index in [0.29, 0.717) is 6.54 Å². The average molecular weight is 272 g/mol. The Morgan fingerprint density at radius 1 is 1.40 bits per heavy atom. The minimum Gasteiger partial charge on any atom is -0.323 e. The molecule has 2 aromatic rings. The van der Waals surface area contributed by atoms with Crippen LogP contribution in [0.2, 0.25) is 0 Å². The van der Waals surface area contributed by atoms with Gasteiger partial charge in [0.15, 0.2) is 0 Å². The number of aromatic nitrogens is 2. The molecule has 0 radical (unpaired) electrons. The van der Waals surface area contributed by atoms with E-state index in [1.165, 1.54) is 0 Å². The molecule has 0 saturated heterocycles. The molecule has 1 N–H and O–H groups in total. The van der Waals surface area contributed by atoms with Gasteiger partial charge in [-0.2, -0.15) is 5.10 Å². The van der Waals surface area contributed by atoms with Crippen molar-refractivity contribution in [3.63, 3.8) is 0 Å². The molecule has 5 heteroatoms. The number of benzene rings is 1. The Balaban J connectivity index is 2.02. The van der Waals surface area contributed by atoms with Crippen LogP contribution in [-0.2, 0) is 13.6 Å². The molecule has 5 nitrogen and oxygen atoms in total. The topological polar surface area (TPSA) is 50.2 Å². The number of hydrogen-bond donors (Lipinski definition) is 1. The highest BCUT2D eigenvalue weighted by Gasteiger charge is 2.11. The first-order chi connectivity index (χ1) is 9.47. The fraction of sp³-hybridized carbons (Fsp3) is 0.333. The van der Waals surface area contributed by atoms with Crippen molar-refractivity contribution in [2.75, 3.05) is 12.4 Å². The molecule has 0 fully saturated rings. The maximum atomic E-state index is 12.2. The Morgan fingerprint density at radius 3 is 2.80 bits per heavy atom. The van der Waals surface area contributed by atoms with Gasteiger partial charge in [0, 0.05) is 31.5 Å². The van der Waals surface area contributed by atoms with Gasteiger partial charge in [-0.1, -0.05) is 12.1 Å². The molecule has 2 rings (SSSR count). The molecule has 0 unspecified atom stereocenters. The van der Waals surface area contributed by atoms with Crippen LogP contribution in [0.25, 0.3) is 0 Å². The van der Waals surface area contributed by atoms with Crippen LogP contribution in [0.4, 0.5) is 10.5 Å². The summed E-state index contributed by atoms with van der Waals surface area (Å²) >= 11 is 0. The zero-order valence-electron chi connectivity index (χ0n) is 12.3. The average Bonchev–Trinajstić information content (AvgIpc) is 2.80. The largest absolute Gasteiger partial charge is 0.323 e. The van der Waals surface area contributed by atoms with Gasteiger partial charge in [-0.25, -0.2) is 4.79 Å². The fourth-order valence-corrected chi connectivity index (χ4v) is 2.00. The van der Waals surface area contributed by atoms with Crippen LogP contribution in [0, 0.1) is 13.8 Å². The van der Waals surface area contributed by atoms with E-state index < -0.39 is 0 Å². The Hall–Kier alpha value is -2.30. The first-order valence-electron chi connectivity index (χ1n) is 6.53. The molecule has 0 saturated carbocycles. The van der Waals surface area contributed by atoms with E-state index in [1.807, 2.05) is 45.3 Å². The Morgan fingerprint density at radius 2 is 2.15 bits per heavy atom. The van der Waals surface area contributed by atoms with E-state index in [0.717, 1.165) is 22.4 Å². The molecule has 0 atom stereocenters. The van der Waals surface area contributed by atoms with Gasteiger partial charge in [0.1, 0.15) is 0 Å². The normalized spacial score (nSPS) is 10.4. The summed E-state index contributed by atoms with van der Waals surface area (Å²) in [7, 11) is 3.63. The molecule has 0 spiro atoms. The molecule has 0 bridgehead atoms. The standard InChI is InChI=1S/C15H20N4O/c1-11-6-5-7-14(12(11)2)17-15(20)18(3)9-13-8-16-19(4)10-13/h5-8,10H,9H2,1-4H3,(H,17,20). The summed E-state index contributed by atoms with van der Waals surface area (Å²) < 4.78 is 1.73. The van der Waals surface area contributed by atoms with Crippen LogP contribution in [0.5, 0.6) is 0 Å². The third-order valence-electron chi connectivity index (χ3n) is 3.37. The smallest absolute Gasteiger partial charge is 0.321 e. The van der Waals surface area contributed by atoms with Crippen molar-refractivity contribution < 1.29 is 4.79 Å². The van der Waals surface area contributed by atoms with Crippen molar-refractivity contribution in [3.8, 4) is 0 Å². The molecule has 0 aliphatic rings. The number of hydrogen-bond acceptors (Lipinski definition) is 2. The number of amides is 2. The molecule has 1 heterocycles. The highest BCUT2D eigenvalue weighted by molar-refractivity contribution is 5.90. The number of carbonyl (C=O) groups is 1. The van der Waals surface area contributed by atoms with Gasteiger partial charge < -0.3 is 10.2 Å². The summed E-state index contributed by atoms with van der Waals surface area (Å²) in [5.74, 6) is 0. The number of nitrogens with one attached hydrogen (secondary N) is 1. The van der Waals surface area contributed by atoms with Gasteiger partial charge >= 0.3 is 6.03 Å². The van der Waals surface area contributed by atoms with Crippen LogP contribution in [0.1, 0.15) is 16.7 Å². The van der Waals surface area contributed by atoms with Gasteiger partial charge in [-0.3, -0.25) is 4.68 Å². The Labute approximate surface area is 119 Å². The third-order valence-corrected chi connectivity index (χ3v) is 3.37. The van der Waals surface area contributed by atoms with Crippen LogP contribution in [-0.4, -0.2) is 27.8 Å². The number of rotatable bonds is 3. The zero-order chi connectivity index (χ0) is 14.7. The highest BCUT2D eigenvalue weighted by atomic mass is 16.2. The number of carbonyl (C=O) groups excluding carboxylic acids is 1. The quantitative estimate of drug-likeness (QED) is 0.934. The molecule has 0 aliphatic heterocycles. The molecule has 20 heavy (non-hydrogen) atoms. The van der Waals surface area contributed by atoms with Gasteiger partial charge in [0.25, 0.3) is 0 Å². The van der Waals surface area contributed by atoms with Crippen molar-refractivity contribution in [1.82, 2.24) is 14.7 Å². The van der Waals surface area contributed by atoms with E-state index in [1.54, 1.807) is 22.8 Å². The van der Waals surface area contributed by atoms with E-state index in [-0.39, 0.29) is 6.03 Å². The minimum atomic E-state index is -0.123. The summed E-state index contributed by atoms with van der Waals surface area (Å²) in [6.07, 6.45) is 3.67. The number of anilines is 1. The maximum absolute atomic E-state index is 12.2. The minimum absolute atomic E-state index is 0.123. The first-order valence-corrected chi connectivity index (χ1v) is 6.53. The number of aryl methyl sites for hydroxylation is 2. The second-order valence-electron chi connectivity index (χ2n) is 5.06. The molecule has 106 valence electrons. The van der Waals surface area contributed by atoms with E-state index in [4.69, 9.17) is 0 Å². The second-order valence-corrected chi connectivity index (χ2v) is 5.06. The lowest BCUT2D eigenvalue weighted by molar-refractivity contribution is 0.220. The van der Waals surface area contributed by atoms with E-state index in [2.05, 4.69) is 10.4 Å². The van der Waals surface area contributed by atoms with Gasteiger partial charge in [0.05, 0.1) is 12.7 Å². The molecular weight excluding hydrogens is 252 g/mol. The van der Waals surface area contributed by atoms with Crippen molar-refractivity contribution in [2.24, 2.45) is 7.05 Å². The van der Waals surface area contributed by atoms with E-state index >= 15 is 0 Å². The van der Waals surface area contributed by atoms with Gasteiger partial charge in [-0.15, -0.1) is 0 Å². The molecule has 2 amide bonds. The van der Waals surface area contributed by atoms with Crippen molar-refractivity contribution in [1.29, 1.82) is 0 Å². The van der Waals surface area contributed by atoms with E-state index in [9.17, 15) is 4.79 Å². The predicted octanol–water partition coefficient (Wildman–Crippen LogP) is 2.70. The Bertz CT molecular complexity index is 618. The SMILES string of the molecule is Cc1cccc(NC(=O)N(C)Cc2cnn(C)c2)c1C. The fourth-order valence-electron chi connectivity index (χ4n) is 2.00. The molecule has 1 aromatic carbocycles. The highest BCUT2D eigenvalue weighted by Crippen LogP contribution is 2.18. The van der Waals surface area contributed by atoms with Gasteiger partial charge in [0.2, 0.25) is 0 Å². The van der Waals surface area contributed by atoms with Crippen LogP contribution >= 0.6 is 0 Å². The molecule has 0 aliphatic carbocycles.